The Morgan fingerprint density at radius 2 is 2.20 bits per heavy atom. The SMILES string of the molecule is CCC(c1cccnc1)N(C)C(=O)Nc1cc(C)nn1C1CCCC1. The van der Waals surface area contributed by atoms with E-state index < -0.39 is 0 Å². The van der Waals surface area contributed by atoms with Crippen LogP contribution in [0.1, 0.15) is 62.4 Å². The smallest absolute Gasteiger partial charge is 0.320 e. The van der Waals surface area contributed by atoms with Crippen molar-refractivity contribution in [2.75, 3.05) is 12.4 Å². The summed E-state index contributed by atoms with van der Waals surface area (Å²) < 4.78 is 2.00. The van der Waals surface area contributed by atoms with Crippen LogP contribution in [0.25, 0.3) is 0 Å². The number of aromatic nitrogens is 3. The van der Waals surface area contributed by atoms with Gasteiger partial charge in [0.15, 0.2) is 0 Å². The molecule has 2 heterocycles. The molecule has 0 aromatic carbocycles. The Morgan fingerprint density at radius 3 is 2.84 bits per heavy atom. The first-order valence-electron chi connectivity index (χ1n) is 9.10. The number of hydrogen-bond acceptors (Lipinski definition) is 3. The molecule has 1 aliphatic carbocycles. The lowest BCUT2D eigenvalue weighted by Crippen LogP contribution is -2.35. The zero-order valence-electron chi connectivity index (χ0n) is 15.3. The maximum absolute atomic E-state index is 12.8. The largest absolute Gasteiger partial charge is 0.323 e. The maximum atomic E-state index is 12.8. The number of carbonyl (C=O) groups excluding carboxylic acids is 1. The van der Waals surface area contributed by atoms with Gasteiger partial charge < -0.3 is 4.90 Å². The standard InChI is InChI=1S/C19H27N5O/c1-4-17(15-8-7-11-20-13-15)23(3)19(25)21-18-12-14(2)22-24(18)16-9-5-6-10-16/h7-8,11-13,16-17H,4-6,9-10H2,1-3H3,(H,21,25). The van der Waals surface area contributed by atoms with Gasteiger partial charge in [0.25, 0.3) is 0 Å². The molecule has 25 heavy (non-hydrogen) atoms. The molecular weight excluding hydrogens is 314 g/mol. The molecule has 0 aliphatic heterocycles. The quantitative estimate of drug-likeness (QED) is 0.881. The molecule has 2 aromatic rings. The Labute approximate surface area is 149 Å². The zero-order valence-corrected chi connectivity index (χ0v) is 15.3. The molecule has 1 unspecified atom stereocenters. The summed E-state index contributed by atoms with van der Waals surface area (Å²) in [6, 6.07) is 6.15. The number of hydrogen-bond donors (Lipinski definition) is 1. The van der Waals surface area contributed by atoms with E-state index in [1.807, 2.05) is 43.0 Å². The summed E-state index contributed by atoms with van der Waals surface area (Å²) in [5.41, 5.74) is 1.98. The molecule has 6 nitrogen and oxygen atoms in total. The van der Waals surface area contributed by atoms with Gasteiger partial charge in [-0.15, -0.1) is 0 Å². The average molecular weight is 341 g/mol. The molecule has 0 radical (unpaired) electrons. The van der Waals surface area contributed by atoms with Crippen molar-refractivity contribution in [3.05, 3.63) is 41.9 Å². The van der Waals surface area contributed by atoms with Crippen molar-refractivity contribution in [1.29, 1.82) is 0 Å². The number of aryl methyl sites for hydroxylation is 1. The molecule has 1 fully saturated rings. The van der Waals surface area contributed by atoms with E-state index in [4.69, 9.17) is 0 Å². The van der Waals surface area contributed by atoms with E-state index in [0.717, 1.165) is 36.3 Å². The molecule has 2 amide bonds. The molecule has 6 heteroatoms. The van der Waals surface area contributed by atoms with Gasteiger partial charge in [-0.3, -0.25) is 10.3 Å². The first-order valence-corrected chi connectivity index (χ1v) is 9.10. The van der Waals surface area contributed by atoms with Gasteiger partial charge in [-0.25, -0.2) is 9.48 Å². The first kappa shape index (κ1) is 17.5. The second kappa shape index (κ2) is 7.68. The van der Waals surface area contributed by atoms with Gasteiger partial charge in [0.2, 0.25) is 0 Å². The summed E-state index contributed by atoms with van der Waals surface area (Å²) >= 11 is 0. The fourth-order valence-electron chi connectivity index (χ4n) is 3.68. The summed E-state index contributed by atoms with van der Waals surface area (Å²) in [7, 11) is 1.83. The van der Waals surface area contributed by atoms with Gasteiger partial charge >= 0.3 is 6.03 Å². The van der Waals surface area contributed by atoms with Crippen LogP contribution >= 0.6 is 0 Å². The summed E-state index contributed by atoms with van der Waals surface area (Å²) in [6.07, 6.45) is 9.13. The van der Waals surface area contributed by atoms with Gasteiger partial charge in [-0.1, -0.05) is 25.8 Å². The number of pyridine rings is 1. The molecule has 1 atom stereocenters. The van der Waals surface area contributed by atoms with Crippen molar-refractivity contribution in [2.45, 2.75) is 58.0 Å². The monoisotopic (exact) mass is 341 g/mol. The molecule has 0 spiro atoms. The fraction of sp³-hybridized carbons (Fsp3) is 0.526. The lowest BCUT2D eigenvalue weighted by Gasteiger charge is -2.28. The van der Waals surface area contributed by atoms with Crippen LogP contribution in [-0.4, -0.2) is 32.7 Å². The highest BCUT2D eigenvalue weighted by molar-refractivity contribution is 5.88. The van der Waals surface area contributed by atoms with E-state index in [-0.39, 0.29) is 12.1 Å². The van der Waals surface area contributed by atoms with Gasteiger partial charge in [0.05, 0.1) is 17.8 Å². The van der Waals surface area contributed by atoms with Crippen LogP contribution in [0.15, 0.2) is 30.6 Å². The van der Waals surface area contributed by atoms with E-state index >= 15 is 0 Å². The Morgan fingerprint density at radius 1 is 1.44 bits per heavy atom. The van der Waals surface area contributed by atoms with Crippen molar-refractivity contribution >= 4 is 11.8 Å². The summed E-state index contributed by atoms with van der Waals surface area (Å²) in [4.78, 5) is 18.7. The summed E-state index contributed by atoms with van der Waals surface area (Å²) in [5.74, 6) is 0.794. The van der Waals surface area contributed by atoms with E-state index in [1.54, 1.807) is 11.1 Å². The molecule has 0 bridgehead atoms. The highest BCUT2D eigenvalue weighted by Crippen LogP contribution is 2.32. The highest BCUT2D eigenvalue weighted by Gasteiger charge is 2.24. The number of nitrogens with zero attached hydrogens (tertiary/aromatic N) is 4. The van der Waals surface area contributed by atoms with E-state index in [0.29, 0.717) is 6.04 Å². The Bertz CT molecular complexity index is 706. The number of urea groups is 1. The number of anilines is 1. The highest BCUT2D eigenvalue weighted by atomic mass is 16.2. The van der Waals surface area contributed by atoms with Crippen LogP contribution in [0.3, 0.4) is 0 Å². The minimum absolute atomic E-state index is 0.00218. The third-order valence-electron chi connectivity index (χ3n) is 5.01. The van der Waals surface area contributed by atoms with Crippen molar-refractivity contribution in [2.24, 2.45) is 0 Å². The minimum Gasteiger partial charge on any atom is -0.320 e. The van der Waals surface area contributed by atoms with Crippen LogP contribution in [0.5, 0.6) is 0 Å². The maximum Gasteiger partial charge on any atom is 0.323 e. The third kappa shape index (κ3) is 3.83. The Kier molecular flexibility index (Phi) is 5.36. The molecule has 134 valence electrons. The number of nitrogens with one attached hydrogen (secondary N) is 1. The van der Waals surface area contributed by atoms with Crippen molar-refractivity contribution < 1.29 is 4.79 Å². The second-order valence-corrected chi connectivity index (χ2v) is 6.81. The molecule has 1 N–H and O–H groups in total. The molecule has 3 rings (SSSR count). The van der Waals surface area contributed by atoms with Crippen LogP contribution in [-0.2, 0) is 0 Å². The number of rotatable bonds is 5. The van der Waals surface area contributed by atoms with Gasteiger partial charge in [0, 0.05) is 25.5 Å². The zero-order chi connectivity index (χ0) is 17.8. The van der Waals surface area contributed by atoms with Gasteiger partial charge in [-0.05, 0) is 37.8 Å². The van der Waals surface area contributed by atoms with Gasteiger partial charge in [0.1, 0.15) is 5.82 Å². The molecular formula is C19H27N5O. The third-order valence-corrected chi connectivity index (χ3v) is 5.01. The average Bonchev–Trinajstić information content (AvgIpc) is 3.26. The van der Waals surface area contributed by atoms with Crippen molar-refractivity contribution in [3.63, 3.8) is 0 Å². The Hall–Kier alpha value is -2.37. The summed E-state index contributed by atoms with van der Waals surface area (Å²) in [5, 5.41) is 7.66. The lowest BCUT2D eigenvalue weighted by molar-refractivity contribution is 0.202. The molecule has 1 aliphatic rings. The fourth-order valence-corrected chi connectivity index (χ4v) is 3.68. The predicted octanol–water partition coefficient (Wildman–Crippen LogP) is 4.32. The molecule has 2 aromatic heterocycles. The van der Waals surface area contributed by atoms with Crippen LogP contribution in [0, 0.1) is 6.92 Å². The van der Waals surface area contributed by atoms with Crippen LogP contribution in [0.4, 0.5) is 10.6 Å². The van der Waals surface area contributed by atoms with E-state index in [2.05, 4.69) is 22.3 Å². The minimum atomic E-state index is -0.116. The predicted molar refractivity (Wildman–Crippen MR) is 98.5 cm³/mol. The Balaban J connectivity index is 1.75. The normalized spacial score (nSPS) is 16.0. The van der Waals surface area contributed by atoms with E-state index in [1.165, 1.54) is 12.8 Å². The lowest BCUT2D eigenvalue weighted by atomic mass is 10.1. The van der Waals surface area contributed by atoms with Crippen molar-refractivity contribution in [3.8, 4) is 0 Å². The second-order valence-electron chi connectivity index (χ2n) is 6.81. The topological polar surface area (TPSA) is 63.1 Å². The summed E-state index contributed by atoms with van der Waals surface area (Å²) in [6.45, 7) is 4.05. The van der Waals surface area contributed by atoms with Crippen LogP contribution < -0.4 is 5.32 Å². The molecule has 0 saturated heterocycles. The number of amides is 2. The van der Waals surface area contributed by atoms with Crippen LogP contribution in [0.2, 0.25) is 0 Å². The van der Waals surface area contributed by atoms with E-state index in [9.17, 15) is 4.79 Å². The molecule has 1 saturated carbocycles. The first-order chi connectivity index (χ1) is 12.1. The van der Waals surface area contributed by atoms with Crippen molar-refractivity contribution in [1.82, 2.24) is 19.7 Å². The number of carbonyl (C=O) groups is 1. The van der Waals surface area contributed by atoms with Gasteiger partial charge in [-0.2, -0.15) is 5.10 Å².